The number of ketones is 1. The van der Waals surface area contributed by atoms with Gasteiger partial charge in [-0.25, -0.2) is 0 Å². The highest BCUT2D eigenvalue weighted by Gasteiger charge is 2.11. The Morgan fingerprint density at radius 1 is 1.36 bits per heavy atom. The maximum Gasteiger partial charge on any atom is 0.163 e. The molecule has 2 nitrogen and oxygen atoms in total. The van der Waals surface area contributed by atoms with Crippen molar-refractivity contribution in [3.8, 4) is 5.75 Å². The maximum atomic E-state index is 11.6. The summed E-state index contributed by atoms with van der Waals surface area (Å²) in [5, 5.41) is 0. The molecule has 0 N–H and O–H groups in total. The number of benzene rings is 1. The number of aryl methyl sites for hydroxylation is 1. The first-order valence-electron chi connectivity index (χ1n) is 4.78. The van der Waals surface area contributed by atoms with Crippen LogP contribution in [0.5, 0.6) is 5.75 Å². The van der Waals surface area contributed by atoms with E-state index in [4.69, 9.17) is 4.74 Å². The van der Waals surface area contributed by atoms with E-state index in [1.54, 1.807) is 7.11 Å². The minimum atomic E-state index is 0.171. The van der Waals surface area contributed by atoms with Crippen LogP contribution in [0.25, 0.3) is 0 Å². The van der Waals surface area contributed by atoms with E-state index in [9.17, 15) is 4.79 Å². The van der Waals surface area contributed by atoms with Gasteiger partial charge in [-0.1, -0.05) is 6.92 Å². The molecule has 0 aliphatic heterocycles. The molecule has 1 rings (SSSR count). The number of carbonyl (C=O) groups excluding carboxylic acids is 1. The smallest absolute Gasteiger partial charge is 0.163 e. The molecule has 0 bridgehead atoms. The Kier molecular flexibility index (Phi) is 3.28. The Morgan fingerprint density at radius 3 is 2.50 bits per heavy atom. The van der Waals surface area contributed by atoms with Gasteiger partial charge in [0.1, 0.15) is 5.75 Å². The summed E-state index contributed by atoms with van der Waals surface area (Å²) in [7, 11) is 1.63. The van der Waals surface area contributed by atoms with Crippen LogP contribution in [0.1, 0.15) is 34.8 Å². The monoisotopic (exact) mass is 192 g/mol. The molecule has 0 fully saturated rings. The molecule has 0 amide bonds. The van der Waals surface area contributed by atoms with E-state index in [-0.39, 0.29) is 5.78 Å². The zero-order valence-electron chi connectivity index (χ0n) is 9.18. The van der Waals surface area contributed by atoms with E-state index >= 15 is 0 Å². The Balaban J connectivity index is 3.29. The summed E-state index contributed by atoms with van der Waals surface area (Å²) in [5.41, 5.74) is 2.78. The molecular weight excluding hydrogens is 176 g/mol. The van der Waals surface area contributed by atoms with Crippen LogP contribution >= 0.6 is 0 Å². The van der Waals surface area contributed by atoms with Crippen LogP contribution in [0, 0.1) is 13.8 Å². The number of hydrogen-bond acceptors (Lipinski definition) is 2. The van der Waals surface area contributed by atoms with Crippen LogP contribution in [0.2, 0.25) is 0 Å². The third-order valence-electron chi connectivity index (χ3n) is 2.35. The molecule has 1 aromatic carbocycles. The van der Waals surface area contributed by atoms with Gasteiger partial charge in [0.25, 0.3) is 0 Å². The summed E-state index contributed by atoms with van der Waals surface area (Å²) in [6.07, 6.45) is 0.535. The second-order valence-corrected chi connectivity index (χ2v) is 3.42. The number of Topliss-reactive ketones (excluding diaryl/α,β-unsaturated/α-hetero) is 1. The van der Waals surface area contributed by atoms with Crippen molar-refractivity contribution in [2.45, 2.75) is 27.2 Å². The van der Waals surface area contributed by atoms with E-state index in [1.807, 2.05) is 32.9 Å². The number of ether oxygens (including phenoxy) is 1. The lowest BCUT2D eigenvalue weighted by Gasteiger charge is -2.10. The molecule has 2 heteroatoms. The Hall–Kier alpha value is -1.31. The zero-order valence-corrected chi connectivity index (χ0v) is 9.18. The van der Waals surface area contributed by atoms with Gasteiger partial charge in [0, 0.05) is 17.5 Å². The lowest BCUT2D eigenvalue weighted by Crippen LogP contribution is -2.02. The summed E-state index contributed by atoms with van der Waals surface area (Å²) in [5.74, 6) is 0.964. The quantitative estimate of drug-likeness (QED) is 0.688. The van der Waals surface area contributed by atoms with Crippen LogP contribution in [-0.4, -0.2) is 12.9 Å². The largest absolute Gasteiger partial charge is 0.496 e. The fourth-order valence-corrected chi connectivity index (χ4v) is 1.52. The molecule has 0 aliphatic rings. The lowest BCUT2D eigenvalue weighted by molar-refractivity contribution is 0.0987. The minimum Gasteiger partial charge on any atom is -0.496 e. The molecule has 0 unspecified atom stereocenters. The molecule has 0 radical (unpaired) electrons. The first-order valence-corrected chi connectivity index (χ1v) is 4.78. The SMILES string of the molecule is CCC(=O)c1cc(C)cc(OC)c1C. The maximum absolute atomic E-state index is 11.6. The van der Waals surface area contributed by atoms with Gasteiger partial charge in [0.2, 0.25) is 0 Å². The van der Waals surface area contributed by atoms with Crippen molar-refractivity contribution < 1.29 is 9.53 Å². The summed E-state index contributed by atoms with van der Waals surface area (Å²) in [6, 6.07) is 3.87. The van der Waals surface area contributed by atoms with Crippen molar-refractivity contribution >= 4 is 5.78 Å². The topological polar surface area (TPSA) is 26.3 Å². The predicted octanol–water partition coefficient (Wildman–Crippen LogP) is 2.90. The van der Waals surface area contributed by atoms with Crippen molar-refractivity contribution in [2.75, 3.05) is 7.11 Å². The van der Waals surface area contributed by atoms with Crippen molar-refractivity contribution in [2.24, 2.45) is 0 Å². The van der Waals surface area contributed by atoms with E-state index in [0.717, 1.165) is 22.4 Å². The standard InChI is InChI=1S/C12H16O2/c1-5-11(13)10-6-8(2)7-12(14-4)9(10)3/h6-7H,5H2,1-4H3. The summed E-state index contributed by atoms with van der Waals surface area (Å²) >= 11 is 0. The van der Waals surface area contributed by atoms with Gasteiger partial charge < -0.3 is 4.74 Å². The van der Waals surface area contributed by atoms with Crippen molar-refractivity contribution in [3.05, 3.63) is 28.8 Å². The van der Waals surface area contributed by atoms with Crippen molar-refractivity contribution in [1.82, 2.24) is 0 Å². The van der Waals surface area contributed by atoms with E-state index in [1.165, 1.54) is 0 Å². The van der Waals surface area contributed by atoms with Crippen LogP contribution < -0.4 is 4.74 Å². The third kappa shape index (κ3) is 1.95. The fraction of sp³-hybridized carbons (Fsp3) is 0.417. The zero-order chi connectivity index (χ0) is 10.7. The molecule has 0 atom stereocenters. The molecule has 14 heavy (non-hydrogen) atoms. The highest BCUT2D eigenvalue weighted by Crippen LogP contribution is 2.24. The predicted molar refractivity (Wildman–Crippen MR) is 57.1 cm³/mol. The molecule has 0 saturated heterocycles. The van der Waals surface area contributed by atoms with Crippen molar-refractivity contribution in [3.63, 3.8) is 0 Å². The molecule has 0 aliphatic carbocycles. The summed E-state index contributed by atoms with van der Waals surface area (Å²) in [6.45, 7) is 5.76. The first-order chi connectivity index (χ1) is 6.60. The summed E-state index contributed by atoms with van der Waals surface area (Å²) in [4.78, 5) is 11.6. The average molecular weight is 192 g/mol. The normalized spacial score (nSPS) is 10.0. The van der Waals surface area contributed by atoms with E-state index in [0.29, 0.717) is 6.42 Å². The number of hydrogen-bond donors (Lipinski definition) is 0. The van der Waals surface area contributed by atoms with Gasteiger partial charge in [-0.3, -0.25) is 4.79 Å². The molecule has 76 valence electrons. The van der Waals surface area contributed by atoms with E-state index in [2.05, 4.69) is 0 Å². The van der Waals surface area contributed by atoms with Crippen LogP contribution in [0.15, 0.2) is 12.1 Å². The molecule has 0 spiro atoms. The van der Waals surface area contributed by atoms with Crippen LogP contribution in [0.3, 0.4) is 0 Å². The molecule has 0 aromatic heterocycles. The average Bonchev–Trinajstić information content (AvgIpc) is 2.19. The highest BCUT2D eigenvalue weighted by atomic mass is 16.5. The van der Waals surface area contributed by atoms with Crippen LogP contribution in [0.4, 0.5) is 0 Å². The Bertz CT molecular complexity index is 354. The number of rotatable bonds is 3. The van der Waals surface area contributed by atoms with Gasteiger partial charge in [-0.05, 0) is 31.5 Å². The Morgan fingerprint density at radius 2 is 2.00 bits per heavy atom. The summed E-state index contributed by atoms with van der Waals surface area (Å²) < 4.78 is 5.21. The van der Waals surface area contributed by atoms with Gasteiger partial charge >= 0.3 is 0 Å². The highest BCUT2D eigenvalue weighted by molar-refractivity contribution is 5.98. The van der Waals surface area contributed by atoms with Gasteiger partial charge in [0.15, 0.2) is 5.78 Å². The fourth-order valence-electron chi connectivity index (χ4n) is 1.52. The minimum absolute atomic E-state index is 0.171. The second kappa shape index (κ2) is 4.27. The van der Waals surface area contributed by atoms with Crippen LogP contribution in [-0.2, 0) is 0 Å². The van der Waals surface area contributed by atoms with Crippen molar-refractivity contribution in [1.29, 1.82) is 0 Å². The van der Waals surface area contributed by atoms with Gasteiger partial charge in [0.05, 0.1) is 7.11 Å². The number of carbonyl (C=O) groups is 1. The third-order valence-corrected chi connectivity index (χ3v) is 2.35. The van der Waals surface area contributed by atoms with E-state index < -0.39 is 0 Å². The molecular formula is C12H16O2. The molecule has 0 saturated carbocycles. The van der Waals surface area contributed by atoms with Gasteiger partial charge in [-0.2, -0.15) is 0 Å². The Labute approximate surface area is 84.9 Å². The molecule has 0 heterocycles. The first kappa shape index (κ1) is 10.8. The van der Waals surface area contributed by atoms with Gasteiger partial charge in [-0.15, -0.1) is 0 Å². The molecule has 1 aromatic rings. The second-order valence-electron chi connectivity index (χ2n) is 3.42. The lowest BCUT2D eigenvalue weighted by atomic mass is 9.99. The number of methoxy groups -OCH3 is 1.